The lowest BCUT2D eigenvalue weighted by Crippen LogP contribution is -2.42. The number of rotatable bonds is 5. The molecular formula is C21H28N2O2. The second-order valence-corrected chi connectivity index (χ2v) is 7.02. The number of ether oxygens (including phenoxy) is 1. The summed E-state index contributed by atoms with van der Waals surface area (Å²) in [5, 5.41) is 5.52. The number of benzene rings is 2. The van der Waals surface area contributed by atoms with Gasteiger partial charge in [0.05, 0.1) is 13.0 Å². The third-order valence-electron chi connectivity index (χ3n) is 5.36. The van der Waals surface area contributed by atoms with Crippen molar-refractivity contribution in [2.24, 2.45) is 5.92 Å². The molecule has 1 amide bonds. The number of carbonyl (C=O) groups excluding carboxylic acids is 1. The average Bonchev–Trinajstić information content (AvgIpc) is 2.67. The number of piperidine rings is 1. The van der Waals surface area contributed by atoms with Crippen LogP contribution < -0.4 is 10.1 Å². The van der Waals surface area contributed by atoms with Crippen molar-refractivity contribution in [2.45, 2.75) is 25.7 Å². The Morgan fingerprint density at radius 3 is 2.56 bits per heavy atom. The van der Waals surface area contributed by atoms with Crippen LogP contribution in [-0.4, -0.2) is 44.6 Å². The van der Waals surface area contributed by atoms with Crippen LogP contribution in [0.1, 0.15) is 31.2 Å². The molecule has 2 aromatic rings. The number of likely N-dealkylation sites (tertiary alicyclic amines) is 1. The van der Waals surface area contributed by atoms with E-state index in [1.165, 1.54) is 0 Å². The van der Waals surface area contributed by atoms with E-state index in [1.807, 2.05) is 31.0 Å². The first kappa shape index (κ1) is 17.7. The highest BCUT2D eigenvalue weighted by Gasteiger charge is 2.26. The predicted octanol–water partition coefficient (Wildman–Crippen LogP) is 3.41. The van der Waals surface area contributed by atoms with Crippen molar-refractivity contribution < 1.29 is 9.53 Å². The number of carbonyl (C=O) groups is 1. The molecule has 3 rings (SSSR count). The maximum absolute atomic E-state index is 12.9. The van der Waals surface area contributed by atoms with Gasteiger partial charge in [-0.05, 0) is 67.7 Å². The minimum absolute atomic E-state index is 0.104. The van der Waals surface area contributed by atoms with E-state index in [9.17, 15) is 4.79 Å². The Labute approximate surface area is 150 Å². The molecule has 1 saturated heterocycles. The summed E-state index contributed by atoms with van der Waals surface area (Å²) in [4.78, 5) is 14.9. The summed E-state index contributed by atoms with van der Waals surface area (Å²) >= 11 is 0. The van der Waals surface area contributed by atoms with Crippen molar-refractivity contribution in [2.75, 3.05) is 33.8 Å². The second kappa shape index (κ2) is 7.87. The lowest BCUT2D eigenvalue weighted by molar-refractivity contribution is -0.133. The van der Waals surface area contributed by atoms with Crippen molar-refractivity contribution in [1.82, 2.24) is 10.2 Å². The molecule has 0 radical (unpaired) electrons. The van der Waals surface area contributed by atoms with Crippen LogP contribution in [0.3, 0.4) is 0 Å². The van der Waals surface area contributed by atoms with Crippen molar-refractivity contribution >= 4 is 16.7 Å². The number of amides is 1. The lowest BCUT2D eigenvalue weighted by Gasteiger charge is -2.33. The topological polar surface area (TPSA) is 41.6 Å². The number of nitrogens with one attached hydrogen (secondary N) is 1. The number of hydrogen-bond acceptors (Lipinski definition) is 3. The molecule has 0 saturated carbocycles. The van der Waals surface area contributed by atoms with Crippen molar-refractivity contribution in [3.05, 3.63) is 42.0 Å². The van der Waals surface area contributed by atoms with Gasteiger partial charge < -0.3 is 15.0 Å². The number of hydrogen-bond donors (Lipinski definition) is 1. The van der Waals surface area contributed by atoms with Crippen LogP contribution in [0.15, 0.2) is 36.4 Å². The standard InChI is InChI=1S/C21H28N2O2/c1-15(21(24)23-10-8-16(9-11-23)14-22-2)17-4-5-19-13-20(25-3)7-6-18(19)12-17/h4-7,12-13,15-16,22H,8-11,14H2,1-3H3. The molecular weight excluding hydrogens is 312 g/mol. The smallest absolute Gasteiger partial charge is 0.229 e. The van der Waals surface area contributed by atoms with Gasteiger partial charge in [-0.2, -0.15) is 0 Å². The van der Waals surface area contributed by atoms with E-state index < -0.39 is 0 Å². The molecule has 1 atom stereocenters. The minimum Gasteiger partial charge on any atom is -0.497 e. The summed E-state index contributed by atoms with van der Waals surface area (Å²) in [6, 6.07) is 12.3. The molecule has 1 heterocycles. The molecule has 2 aromatic carbocycles. The molecule has 1 N–H and O–H groups in total. The minimum atomic E-state index is -0.104. The maximum atomic E-state index is 12.9. The normalized spacial score (nSPS) is 16.8. The molecule has 0 bridgehead atoms. The Bertz CT molecular complexity index is 736. The monoisotopic (exact) mass is 340 g/mol. The van der Waals surface area contributed by atoms with Crippen LogP contribution in [0.4, 0.5) is 0 Å². The molecule has 0 aliphatic carbocycles. The van der Waals surface area contributed by atoms with Gasteiger partial charge in [0, 0.05) is 13.1 Å². The van der Waals surface area contributed by atoms with Gasteiger partial charge in [-0.15, -0.1) is 0 Å². The molecule has 25 heavy (non-hydrogen) atoms. The zero-order chi connectivity index (χ0) is 17.8. The van der Waals surface area contributed by atoms with Crippen LogP contribution in [0.2, 0.25) is 0 Å². The summed E-state index contributed by atoms with van der Waals surface area (Å²) in [6.07, 6.45) is 2.19. The summed E-state index contributed by atoms with van der Waals surface area (Å²) in [7, 11) is 3.67. The zero-order valence-corrected chi connectivity index (χ0v) is 15.4. The second-order valence-electron chi connectivity index (χ2n) is 7.02. The van der Waals surface area contributed by atoms with E-state index in [-0.39, 0.29) is 11.8 Å². The molecule has 0 aromatic heterocycles. The van der Waals surface area contributed by atoms with Crippen LogP contribution in [-0.2, 0) is 4.79 Å². The summed E-state index contributed by atoms with van der Waals surface area (Å²) in [5.74, 6) is 1.69. The van der Waals surface area contributed by atoms with Gasteiger partial charge in [0.25, 0.3) is 0 Å². The molecule has 1 aliphatic heterocycles. The largest absolute Gasteiger partial charge is 0.497 e. The fourth-order valence-electron chi connectivity index (χ4n) is 3.70. The SMILES string of the molecule is CNCC1CCN(C(=O)C(C)c2ccc3cc(OC)ccc3c2)CC1. The van der Waals surface area contributed by atoms with E-state index in [1.54, 1.807) is 7.11 Å². The third kappa shape index (κ3) is 3.96. The average molecular weight is 340 g/mol. The van der Waals surface area contributed by atoms with Crippen molar-refractivity contribution in [3.8, 4) is 5.75 Å². The van der Waals surface area contributed by atoms with Gasteiger partial charge in [-0.25, -0.2) is 0 Å². The fraction of sp³-hybridized carbons (Fsp3) is 0.476. The molecule has 134 valence electrons. The Morgan fingerprint density at radius 2 is 1.88 bits per heavy atom. The summed E-state index contributed by atoms with van der Waals surface area (Å²) < 4.78 is 5.28. The maximum Gasteiger partial charge on any atom is 0.229 e. The van der Waals surface area contributed by atoms with Gasteiger partial charge in [-0.1, -0.05) is 24.3 Å². The van der Waals surface area contributed by atoms with E-state index >= 15 is 0 Å². The Balaban J connectivity index is 1.71. The molecule has 0 spiro atoms. The summed E-state index contributed by atoms with van der Waals surface area (Å²) in [6.45, 7) is 4.82. The first-order chi connectivity index (χ1) is 12.1. The predicted molar refractivity (Wildman–Crippen MR) is 102 cm³/mol. The third-order valence-corrected chi connectivity index (χ3v) is 5.36. The molecule has 1 fully saturated rings. The van der Waals surface area contributed by atoms with Gasteiger partial charge >= 0.3 is 0 Å². The van der Waals surface area contributed by atoms with E-state index in [0.717, 1.165) is 54.6 Å². The van der Waals surface area contributed by atoms with Gasteiger partial charge in [-0.3, -0.25) is 4.79 Å². The van der Waals surface area contributed by atoms with Crippen LogP contribution in [0.5, 0.6) is 5.75 Å². The molecule has 4 nitrogen and oxygen atoms in total. The van der Waals surface area contributed by atoms with Gasteiger partial charge in [0.1, 0.15) is 5.75 Å². The molecule has 1 unspecified atom stereocenters. The first-order valence-corrected chi connectivity index (χ1v) is 9.13. The van der Waals surface area contributed by atoms with Crippen LogP contribution in [0, 0.1) is 5.92 Å². The van der Waals surface area contributed by atoms with Gasteiger partial charge in [0.2, 0.25) is 5.91 Å². The zero-order valence-electron chi connectivity index (χ0n) is 15.4. The quantitative estimate of drug-likeness (QED) is 0.907. The van der Waals surface area contributed by atoms with Crippen molar-refractivity contribution in [3.63, 3.8) is 0 Å². The Hall–Kier alpha value is -2.07. The lowest BCUT2D eigenvalue weighted by atomic mass is 9.93. The fourth-order valence-corrected chi connectivity index (χ4v) is 3.70. The van der Waals surface area contributed by atoms with E-state index in [2.05, 4.69) is 29.6 Å². The van der Waals surface area contributed by atoms with Crippen LogP contribution >= 0.6 is 0 Å². The van der Waals surface area contributed by atoms with Crippen LogP contribution in [0.25, 0.3) is 10.8 Å². The Morgan fingerprint density at radius 1 is 1.20 bits per heavy atom. The van der Waals surface area contributed by atoms with Crippen molar-refractivity contribution in [1.29, 1.82) is 0 Å². The number of methoxy groups -OCH3 is 1. The highest BCUT2D eigenvalue weighted by molar-refractivity contribution is 5.88. The van der Waals surface area contributed by atoms with E-state index in [4.69, 9.17) is 4.74 Å². The highest BCUT2D eigenvalue weighted by atomic mass is 16.5. The van der Waals surface area contributed by atoms with E-state index in [0.29, 0.717) is 5.92 Å². The molecule has 4 heteroatoms. The Kier molecular flexibility index (Phi) is 5.59. The summed E-state index contributed by atoms with van der Waals surface area (Å²) in [5.41, 5.74) is 1.08. The highest BCUT2D eigenvalue weighted by Crippen LogP contribution is 2.27. The first-order valence-electron chi connectivity index (χ1n) is 9.13. The number of nitrogens with zero attached hydrogens (tertiary/aromatic N) is 1. The van der Waals surface area contributed by atoms with Gasteiger partial charge in [0.15, 0.2) is 0 Å². The molecule has 1 aliphatic rings. The number of fused-ring (bicyclic) bond motifs is 1.